The summed E-state index contributed by atoms with van der Waals surface area (Å²) in [7, 11) is -4.15. The number of benzene rings is 2. The normalized spacial score (nSPS) is 15.0. The molecular formula is C23H22BrNO8S2. The summed E-state index contributed by atoms with van der Waals surface area (Å²) in [6.45, 7) is 5.05. The Balaban J connectivity index is 1.91. The standard InChI is InChI=1S/C23H22BrNO8S2/c1-4-31-18-11-15(12-19-22(27)25(23(28)34-19)13-20(26)32-5-2)10-17(24)21(18)33-35(29,30)16-8-6-14(3)7-9-16/h6-12H,4-5,13H2,1-3H3/b19-12-. The van der Waals surface area contributed by atoms with E-state index >= 15 is 0 Å². The summed E-state index contributed by atoms with van der Waals surface area (Å²) < 4.78 is 41.6. The number of aryl methyl sites for hydroxylation is 1. The summed E-state index contributed by atoms with van der Waals surface area (Å²) in [5.74, 6) is -1.26. The van der Waals surface area contributed by atoms with Gasteiger partial charge < -0.3 is 13.7 Å². The molecule has 2 aromatic carbocycles. The minimum atomic E-state index is -4.15. The Labute approximate surface area is 215 Å². The highest BCUT2D eigenvalue weighted by Crippen LogP contribution is 2.40. The van der Waals surface area contributed by atoms with E-state index in [0.29, 0.717) is 17.3 Å². The van der Waals surface area contributed by atoms with Crippen molar-refractivity contribution in [3.8, 4) is 11.5 Å². The van der Waals surface area contributed by atoms with Crippen LogP contribution in [0.15, 0.2) is 50.7 Å². The van der Waals surface area contributed by atoms with E-state index in [-0.39, 0.29) is 39.0 Å². The van der Waals surface area contributed by atoms with Gasteiger partial charge in [0.05, 0.1) is 22.6 Å². The highest BCUT2D eigenvalue weighted by Gasteiger charge is 2.36. The van der Waals surface area contributed by atoms with E-state index in [9.17, 15) is 22.8 Å². The third-order valence-corrected chi connectivity index (χ3v) is 7.33. The molecule has 1 fully saturated rings. The predicted octanol–water partition coefficient (Wildman–Crippen LogP) is 4.52. The Kier molecular flexibility index (Phi) is 8.62. The van der Waals surface area contributed by atoms with Crippen LogP contribution in [0.4, 0.5) is 4.79 Å². The monoisotopic (exact) mass is 583 g/mol. The molecule has 12 heteroatoms. The lowest BCUT2D eigenvalue weighted by Gasteiger charge is -2.15. The number of nitrogens with zero attached hydrogens (tertiary/aromatic N) is 1. The molecule has 1 saturated heterocycles. The van der Waals surface area contributed by atoms with E-state index in [2.05, 4.69) is 15.9 Å². The van der Waals surface area contributed by atoms with Crippen LogP contribution in [0.1, 0.15) is 25.0 Å². The van der Waals surface area contributed by atoms with Gasteiger partial charge in [-0.2, -0.15) is 8.42 Å². The molecule has 0 atom stereocenters. The zero-order chi connectivity index (χ0) is 25.8. The van der Waals surface area contributed by atoms with Gasteiger partial charge in [0.25, 0.3) is 11.1 Å². The molecule has 1 heterocycles. The number of thioether (sulfide) groups is 1. The molecule has 1 aliphatic heterocycles. The van der Waals surface area contributed by atoms with Crippen LogP contribution in [0, 0.1) is 6.92 Å². The average molecular weight is 584 g/mol. The summed E-state index contributed by atoms with van der Waals surface area (Å²) in [6, 6.07) is 9.23. The lowest BCUT2D eigenvalue weighted by molar-refractivity contribution is -0.145. The zero-order valence-electron chi connectivity index (χ0n) is 19.1. The Bertz CT molecular complexity index is 1290. The third kappa shape index (κ3) is 6.44. The summed E-state index contributed by atoms with van der Waals surface area (Å²) in [6.07, 6.45) is 1.45. The molecule has 0 N–H and O–H groups in total. The maximum absolute atomic E-state index is 12.8. The van der Waals surface area contributed by atoms with Crippen molar-refractivity contribution in [3.63, 3.8) is 0 Å². The van der Waals surface area contributed by atoms with Crippen LogP contribution in [0.3, 0.4) is 0 Å². The molecule has 0 unspecified atom stereocenters. The highest BCUT2D eigenvalue weighted by atomic mass is 79.9. The third-order valence-electron chi connectivity index (χ3n) is 4.60. The quantitative estimate of drug-likeness (QED) is 0.238. The second kappa shape index (κ2) is 11.3. The number of esters is 1. The minimum absolute atomic E-state index is 0.0169. The van der Waals surface area contributed by atoms with Gasteiger partial charge in [-0.1, -0.05) is 17.7 Å². The molecule has 3 rings (SSSR count). The van der Waals surface area contributed by atoms with Crippen LogP contribution in [-0.4, -0.2) is 50.2 Å². The van der Waals surface area contributed by atoms with Crippen LogP contribution < -0.4 is 8.92 Å². The molecular weight excluding hydrogens is 562 g/mol. The molecule has 35 heavy (non-hydrogen) atoms. The number of hydrogen-bond donors (Lipinski definition) is 0. The number of amides is 2. The Morgan fingerprint density at radius 3 is 2.43 bits per heavy atom. The SMILES string of the molecule is CCOC(=O)CN1C(=O)S/C(=C\c2cc(Br)c(OS(=O)(=O)c3ccc(C)cc3)c(OCC)c2)C1=O. The van der Waals surface area contributed by atoms with Crippen LogP contribution >= 0.6 is 27.7 Å². The van der Waals surface area contributed by atoms with E-state index in [1.54, 1.807) is 26.0 Å². The fourth-order valence-corrected chi connectivity index (χ4v) is 5.44. The Hall–Kier alpha value is -2.83. The molecule has 2 amide bonds. The van der Waals surface area contributed by atoms with Crippen LogP contribution in [0.2, 0.25) is 0 Å². The van der Waals surface area contributed by atoms with E-state index in [1.165, 1.54) is 30.3 Å². The number of imide groups is 1. The molecule has 2 aromatic rings. The van der Waals surface area contributed by atoms with E-state index < -0.39 is 33.8 Å². The first kappa shape index (κ1) is 26.8. The number of rotatable bonds is 9. The van der Waals surface area contributed by atoms with Gasteiger partial charge in [0.2, 0.25) is 0 Å². The van der Waals surface area contributed by atoms with Crippen LogP contribution in [-0.2, 0) is 24.4 Å². The maximum Gasteiger partial charge on any atom is 0.339 e. The molecule has 186 valence electrons. The van der Waals surface area contributed by atoms with Crippen molar-refractivity contribution in [1.29, 1.82) is 0 Å². The summed E-state index contributed by atoms with van der Waals surface area (Å²) >= 11 is 4.00. The predicted molar refractivity (Wildman–Crippen MR) is 134 cm³/mol. The van der Waals surface area contributed by atoms with Crippen molar-refractivity contribution in [1.82, 2.24) is 4.90 Å². The van der Waals surface area contributed by atoms with Crippen molar-refractivity contribution in [2.24, 2.45) is 0 Å². The van der Waals surface area contributed by atoms with Crippen molar-refractivity contribution < 1.29 is 36.5 Å². The first-order chi connectivity index (χ1) is 16.6. The van der Waals surface area contributed by atoms with Gasteiger partial charge in [-0.25, -0.2) is 0 Å². The molecule has 0 aliphatic carbocycles. The number of ether oxygens (including phenoxy) is 2. The van der Waals surface area contributed by atoms with E-state index in [0.717, 1.165) is 10.5 Å². The average Bonchev–Trinajstić information content (AvgIpc) is 3.04. The lowest BCUT2D eigenvalue weighted by Crippen LogP contribution is -2.34. The van der Waals surface area contributed by atoms with Crippen molar-refractivity contribution >= 4 is 61.0 Å². The van der Waals surface area contributed by atoms with Crippen molar-refractivity contribution in [3.05, 3.63) is 56.9 Å². The second-order valence-corrected chi connectivity index (χ2v) is 10.6. The highest BCUT2D eigenvalue weighted by molar-refractivity contribution is 9.10. The molecule has 0 radical (unpaired) electrons. The Morgan fingerprint density at radius 1 is 1.11 bits per heavy atom. The first-order valence-corrected chi connectivity index (χ1v) is 13.5. The fourth-order valence-electron chi connectivity index (χ4n) is 3.00. The van der Waals surface area contributed by atoms with Gasteiger partial charge >= 0.3 is 16.1 Å². The number of halogens is 1. The molecule has 0 bridgehead atoms. The van der Waals surface area contributed by atoms with Crippen molar-refractivity contribution in [2.75, 3.05) is 19.8 Å². The van der Waals surface area contributed by atoms with E-state index in [4.69, 9.17) is 13.7 Å². The van der Waals surface area contributed by atoms with Gasteiger partial charge in [0, 0.05) is 0 Å². The molecule has 0 saturated carbocycles. The number of carbonyl (C=O) groups excluding carboxylic acids is 3. The van der Waals surface area contributed by atoms with E-state index in [1.807, 2.05) is 6.92 Å². The maximum atomic E-state index is 12.8. The van der Waals surface area contributed by atoms with Gasteiger partial charge in [-0.3, -0.25) is 19.3 Å². The molecule has 0 spiro atoms. The van der Waals surface area contributed by atoms with Crippen LogP contribution in [0.25, 0.3) is 6.08 Å². The fraction of sp³-hybridized carbons (Fsp3) is 0.261. The van der Waals surface area contributed by atoms with Crippen molar-refractivity contribution in [2.45, 2.75) is 25.7 Å². The first-order valence-electron chi connectivity index (χ1n) is 10.4. The Morgan fingerprint density at radius 2 is 1.80 bits per heavy atom. The van der Waals surface area contributed by atoms with Gasteiger partial charge in [0.15, 0.2) is 11.5 Å². The number of carbonyl (C=O) groups is 3. The number of hydrogen-bond acceptors (Lipinski definition) is 9. The minimum Gasteiger partial charge on any atom is -0.490 e. The molecule has 9 nitrogen and oxygen atoms in total. The largest absolute Gasteiger partial charge is 0.490 e. The van der Waals surface area contributed by atoms with Gasteiger partial charge in [0.1, 0.15) is 11.4 Å². The molecule has 0 aromatic heterocycles. The summed E-state index contributed by atoms with van der Waals surface area (Å²) in [5.41, 5.74) is 1.35. The topological polar surface area (TPSA) is 116 Å². The van der Waals surface area contributed by atoms with Gasteiger partial charge in [-0.15, -0.1) is 0 Å². The summed E-state index contributed by atoms with van der Waals surface area (Å²) in [5, 5.41) is -0.595. The lowest BCUT2D eigenvalue weighted by atomic mass is 10.2. The van der Waals surface area contributed by atoms with Crippen LogP contribution in [0.5, 0.6) is 11.5 Å². The molecule has 1 aliphatic rings. The second-order valence-electron chi connectivity index (χ2n) is 7.19. The smallest absolute Gasteiger partial charge is 0.339 e. The zero-order valence-corrected chi connectivity index (χ0v) is 22.3. The van der Waals surface area contributed by atoms with Gasteiger partial charge in [-0.05, 0) is 84.4 Å². The summed E-state index contributed by atoms with van der Waals surface area (Å²) in [4.78, 5) is 37.5.